The lowest BCUT2D eigenvalue weighted by Crippen LogP contribution is -2.40. The van der Waals surface area contributed by atoms with Crippen LogP contribution in [0.25, 0.3) is 0 Å². The second kappa shape index (κ2) is 5.39. The first kappa shape index (κ1) is 13.9. The number of carbonyl (C=O) groups is 1. The number of hydrogen-bond donors (Lipinski definition) is 3. The Hall–Kier alpha value is -2.04. The third-order valence-electron chi connectivity index (χ3n) is 4.76. The number of hydrogen-bond acceptors (Lipinski definition) is 3. The molecule has 1 unspecified atom stereocenters. The van der Waals surface area contributed by atoms with Crippen molar-refractivity contribution >= 4 is 11.7 Å². The summed E-state index contributed by atoms with van der Waals surface area (Å²) in [6, 6.07) is 9.18. The van der Waals surface area contributed by atoms with E-state index < -0.39 is 5.92 Å². The van der Waals surface area contributed by atoms with E-state index in [9.17, 15) is 4.79 Å². The Morgan fingerprint density at radius 1 is 1.38 bits per heavy atom. The maximum Gasteiger partial charge on any atom is 0.235 e. The first-order valence-electron chi connectivity index (χ1n) is 7.46. The standard InChI is InChI=1S/C16H21N3O2/c17-14(19-21)13(11-4-2-1-3-5-11)15(20)18-10-16(8-9-16)12-6-7-12/h1-5,12-13,21H,6-10H2,(H2,17,19)(H,18,20). The molecule has 3 rings (SSSR count). The van der Waals surface area contributed by atoms with E-state index >= 15 is 0 Å². The Kier molecular flexibility index (Phi) is 3.57. The molecule has 0 saturated heterocycles. The van der Waals surface area contributed by atoms with Crippen LogP contribution < -0.4 is 11.1 Å². The van der Waals surface area contributed by atoms with Gasteiger partial charge in [-0.3, -0.25) is 4.79 Å². The molecule has 2 fully saturated rings. The molecule has 0 heterocycles. The SMILES string of the molecule is N/C(=N/O)C(C(=O)NCC1(C2CC2)CC1)c1ccccc1. The van der Waals surface area contributed by atoms with Gasteiger partial charge in [-0.15, -0.1) is 0 Å². The van der Waals surface area contributed by atoms with Crippen molar-refractivity contribution in [2.24, 2.45) is 22.2 Å². The normalized spacial score (nSPS) is 21.6. The molecule has 0 spiro atoms. The van der Waals surface area contributed by atoms with Gasteiger partial charge in [0.2, 0.25) is 5.91 Å². The molecule has 21 heavy (non-hydrogen) atoms. The van der Waals surface area contributed by atoms with Gasteiger partial charge >= 0.3 is 0 Å². The fraction of sp³-hybridized carbons (Fsp3) is 0.500. The molecule has 0 radical (unpaired) electrons. The van der Waals surface area contributed by atoms with Crippen LogP contribution >= 0.6 is 0 Å². The minimum Gasteiger partial charge on any atom is -0.409 e. The first-order valence-corrected chi connectivity index (χ1v) is 7.46. The number of amidine groups is 1. The molecule has 4 N–H and O–H groups in total. The van der Waals surface area contributed by atoms with Gasteiger partial charge < -0.3 is 16.3 Å². The monoisotopic (exact) mass is 287 g/mol. The predicted molar refractivity (Wildman–Crippen MR) is 80.0 cm³/mol. The van der Waals surface area contributed by atoms with Crippen LogP contribution in [0.2, 0.25) is 0 Å². The van der Waals surface area contributed by atoms with E-state index in [0.29, 0.717) is 12.0 Å². The highest BCUT2D eigenvalue weighted by Gasteiger charge is 2.53. The number of oxime groups is 1. The highest BCUT2D eigenvalue weighted by atomic mass is 16.4. The van der Waals surface area contributed by atoms with Crippen LogP contribution in [0.15, 0.2) is 35.5 Å². The van der Waals surface area contributed by atoms with Gasteiger partial charge in [-0.1, -0.05) is 35.5 Å². The molecule has 1 atom stereocenters. The van der Waals surface area contributed by atoms with E-state index in [2.05, 4.69) is 10.5 Å². The summed E-state index contributed by atoms with van der Waals surface area (Å²) in [5.74, 6) is -0.207. The molecule has 1 aromatic rings. The third kappa shape index (κ3) is 2.86. The Balaban J connectivity index is 1.69. The van der Waals surface area contributed by atoms with Gasteiger partial charge in [-0.25, -0.2) is 0 Å². The maximum atomic E-state index is 12.5. The predicted octanol–water partition coefficient (Wildman–Crippen LogP) is 1.82. The molecule has 2 aliphatic rings. The van der Waals surface area contributed by atoms with E-state index in [1.165, 1.54) is 25.7 Å². The topological polar surface area (TPSA) is 87.7 Å². The Labute approximate surface area is 124 Å². The van der Waals surface area contributed by atoms with E-state index in [0.717, 1.165) is 11.5 Å². The first-order chi connectivity index (χ1) is 10.2. The van der Waals surface area contributed by atoms with Crippen LogP contribution in [-0.4, -0.2) is 23.5 Å². The van der Waals surface area contributed by atoms with Gasteiger partial charge in [0.1, 0.15) is 5.92 Å². The highest BCUT2D eigenvalue weighted by molar-refractivity contribution is 6.07. The summed E-state index contributed by atoms with van der Waals surface area (Å²) in [5, 5.41) is 15.0. The van der Waals surface area contributed by atoms with Crippen molar-refractivity contribution in [2.45, 2.75) is 31.6 Å². The van der Waals surface area contributed by atoms with Gasteiger partial charge in [0.05, 0.1) is 0 Å². The number of nitrogens with one attached hydrogen (secondary N) is 1. The van der Waals surface area contributed by atoms with Crippen molar-refractivity contribution in [3.8, 4) is 0 Å². The zero-order valence-electron chi connectivity index (χ0n) is 12.0. The summed E-state index contributed by atoms with van der Waals surface area (Å²) in [7, 11) is 0. The second-order valence-corrected chi connectivity index (χ2v) is 6.22. The molecule has 2 aliphatic carbocycles. The van der Waals surface area contributed by atoms with Crippen molar-refractivity contribution in [1.29, 1.82) is 0 Å². The summed E-state index contributed by atoms with van der Waals surface area (Å²) in [6.45, 7) is 0.707. The van der Waals surface area contributed by atoms with Crippen molar-refractivity contribution < 1.29 is 10.0 Å². The van der Waals surface area contributed by atoms with Crippen molar-refractivity contribution in [2.75, 3.05) is 6.54 Å². The molecular formula is C16H21N3O2. The summed E-state index contributed by atoms with van der Waals surface area (Å²) < 4.78 is 0. The Morgan fingerprint density at radius 3 is 2.57 bits per heavy atom. The van der Waals surface area contributed by atoms with Gasteiger partial charge in [0.15, 0.2) is 5.84 Å². The number of nitrogens with zero attached hydrogens (tertiary/aromatic N) is 1. The Bertz CT molecular complexity index is 548. The summed E-state index contributed by atoms with van der Waals surface area (Å²) in [5.41, 5.74) is 6.79. The van der Waals surface area contributed by atoms with E-state index in [-0.39, 0.29) is 11.7 Å². The van der Waals surface area contributed by atoms with E-state index in [1.54, 1.807) is 0 Å². The fourth-order valence-corrected chi connectivity index (χ4v) is 3.11. The van der Waals surface area contributed by atoms with Gasteiger partial charge in [-0.05, 0) is 42.6 Å². The van der Waals surface area contributed by atoms with Crippen LogP contribution in [0.4, 0.5) is 0 Å². The number of amides is 1. The minimum atomic E-state index is -0.730. The zero-order valence-corrected chi connectivity index (χ0v) is 12.0. The van der Waals surface area contributed by atoms with Crippen LogP contribution in [0, 0.1) is 11.3 Å². The second-order valence-electron chi connectivity index (χ2n) is 6.22. The van der Waals surface area contributed by atoms with E-state index in [4.69, 9.17) is 10.9 Å². The van der Waals surface area contributed by atoms with Crippen molar-refractivity contribution in [3.63, 3.8) is 0 Å². The van der Waals surface area contributed by atoms with Gasteiger partial charge in [-0.2, -0.15) is 0 Å². The molecular weight excluding hydrogens is 266 g/mol. The van der Waals surface area contributed by atoms with Crippen LogP contribution in [-0.2, 0) is 4.79 Å². The summed E-state index contributed by atoms with van der Waals surface area (Å²) >= 11 is 0. The largest absolute Gasteiger partial charge is 0.409 e. The molecule has 0 aromatic heterocycles. The molecule has 112 valence electrons. The Morgan fingerprint density at radius 2 is 2.05 bits per heavy atom. The summed E-state index contributed by atoms with van der Waals surface area (Å²) in [6.07, 6.45) is 4.99. The van der Waals surface area contributed by atoms with Crippen LogP contribution in [0.3, 0.4) is 0 Å². The molecule has 0 bridgehead atoms. The molecule has 2 saturated carbocycles. The van der Waals surface area contributed by atoms with Crippen LogP contribution in [0.5, 0.6) is 0 Å². The smallest absolute Gasteiger partial charge is 0.235 e. The molecule has 5 heteroatoms. The van der Waals surface area contributed by atoms with Gasteiger partial charge in [0, 0.05) is 6.54 Å². The molecule has 1 amide bonds. The van der Waals surface area contributed by atoms with Crippen molar-refractivity contribution in [1.82, 2.24) is 5.32 Å². The number of nitrogens with two attached hydrogens (primary N) is 1. The average Bonchev–Trinajstić information content (AvgIpc) is 3.39. The fourth-order valence-electron chi connectivity index (χ4n) is 3.11. The molecule has 5 nitrogen and oxygen atoms in total. The zero-order chi connectivity index (χ0) is 14.9. The lowest BCUT2D eigenvalue weighted by atomic mass is 9.95. The molecule has 0 aliphatic heterocycles. The van der Waals surface area contributed by atoms with Crippen molar-refractivity contribution in [3.05, 3.63) is 35.9 Å². The third-order valence-corrected chi connectivity index (χ3v) is 4.76. The number of rotatable bonds is 6. The van der Waals surface area contributed by atoms with Gasteiger partial charge in [0.25, 0.3) is 0 Å². The quantitative estimate of drug-likeness (QED) is 0.323. The van der Waals surface area contributed by atoms with E-state index in [1.807, 2.05) is 30.3 Å². The number of benzene rings is 1. The minimum absolute atomic E-state index is 0.0741. The highest BCUT2D eigenvalue weighted by Crippen LogP contribution is 2.60. The lowest BCUT2D eigenvalue weighted by Gasteiger charge is -2.19. The number of carbonyl (C=O) groups excluding carboxylic acids is 1. The summed E-state index contributed by atoms with van der Waals surface area (Å²) in [4.78, 5) is 12.5. The molecule has 1 aromatic carbocycles. The maximum absolute atomic E-state index is 12.5. The average molecular weight is 287 g/mol. The van der Waals surface area contributed by atoms with Crippen LogP contribution in [0.1, 0.15) is 37.2 Å². The lowest BCUT2D eigenvalue weighted by molar-refractivity contribution is -0.121.